The molecule has 0 fully saturated rings. The third kappa shape index (κ3) is 4.22. The number of hydrogen-bond donors (Lipinski definition) is 1. The van der Waals surface area contributed by atoms with Crippen LogP contribution in [0.15, 0.2) is 41.6 Å². The molecule has 0 aliphatic carbocycles. The number of rotatable bonds is 6. The standard InChI is InChI=1S/C14H17N3OS/c1-3-15-8-11-9-16-14(17-10-11)18-12-4-6-13(19-2)7-5-12/h4-7,9-10,15H,3,8H2,1-2H3. The molecule has 2 rings (SSSR count). The van der Waals surface area contributed by atoms with E-state index in [-0.39, 0.29) is 0 Å². The molecule has 4 nitrogen and oxygen atoms in total. The van der Waals surface area contributed by atoms with Gasteiger partial charge in [-0.1, -0.05) is 6.92 Å². The normalized spacial score (nSPS) is 10.4. The van der Waals surface area contributed by atoms with E-state index in [2.05, 4.69) is 22.2 Å². The van der Waals surface area contributed by atoms with Crippen LogP contribution in [0, 0.1) is 0 Å². The average Bonchev–Trinajstić information content (AvgIpc) is 2.47. The van der Waals surface area contributed by atoms with Gasteiger partial charge in [-0.15, -0.1) is 11.8 Å². The molecule has 0 spiro atoms. The molecule has 5 heteroatoms. The van der Waals surface area contributed by atoms with Crippen LogP contribution in [0.1, 0.15) is 12.5 Å². The maximum Gasteiger partial charge on any atom is 0.321 e. The second kappa shape index (κ2) is 7.11. The molecule has 1 aromatic carbocycles. The molecule has 19 heavy (non-hydrogen) atoms. The molecular formula is C14H17N3OS. The number of hydrogen-bond acceptors (Lipinski definition) is 5. The van der Waals surface area contributed by atoms with Crippen molar-refractivity contribution in [2.75, 3.05) is 12.8 Å². The van der Waals surface area contributed by atoms with Crippen molar-refractivity contribution in [3.8, 4) is 11.8 Å². The zero-order chi connectivity index (χ0) is 13.5. The van der Waals surface area contributed by atoms with Gasteiger partial charge in [-0.3, -0.25) is 0 Å². The van der Waals surface area contributed by atoms with Gasteiger partial charge in [0, 0.05) is 29.4 Å². The van der Waals surface area contributed by atoms with Gasteiger partial charge in [0.05, 0.1) is 0 Å². The molecule has 1 aromatic heterocycles. The lowest BCUT2D eigenvalue weighted by molar-refractivity contribution is 0.440. The van der Waals surface area contributed by atoms with Gasteiger partial charge in [0.15, 0.2) is 0 Å². The highest BCUT2D eigenvalue weighted by Gasteiger charge is 2.01. The van der Waals surface area contributed by atoms with Gasteiger partial charge in [0.2, 0.25) is 0 Å². The third-order valence-electron chi connectivity index (χ3n) is 2.53. The Labute approximate surface area is 117 Å². The molecule has 1 N–H and O–H groups in total. The number of benzene rings is 1. The van der Waals surface area contributed by atoms with E-state index in [9.17, 15) is 0 Å². The van der Waals surface area contributed by atoms with Crippen LogP contribution in [0.5, 0.6) is 11.8 Å². The summed E-state index contributed by atoms with van der Waals surface area (Å²) in [5.41, 5.74) is 1.05. The molecule has 1 heterocycles. The van der Waals surface area contributed by atoms with Gasteiger partial charge in [0.1, 0.15) is 5.75 Å². The van der Waals surface area contributed by atoms with Gasteiger partial charge in [0.25, 0.3) is 0 Å². The van der Waals surface area contributed by atoms with Crippen molar-refractivity contribution in [1.29, 1.82) is 0 Å². The highest BCUT2D eigenvalue weighted by molar-refractivity contribution is 7.98. The minimum atomic E-state index is 0.372. The molecule has 0 saturated carbocycles. The third-order valence-corrected chi connectivity index (χ3v) is 3.27. The first-order chi connectivity index (χ1) is 9.31. The van der Waals surface area contributed by atoms with E-state index in [1.54, 1.807) is 24.2 Å². The summed E-state index contributed by atoms with van der Waals surface area (Å²) in [6.07, 6.45) is 5.60. The van der Waals surface area contributed by atoms with E-state index in [4.69, 9.17) is 4.74 Å². The van der Waals surface area contributed by atoms with Crippen LogP contribution in [0.4, 0.5) is 0 Å². The second-order valence-electron chi connectivity index (χ2n) is 3.93. The first kappa shape index (κ1) is 13.8. The Morgan fingerprint density at radius 3 is 2.42 bits per heavy atom. The number of nitrogens with zero attached hydrogens (tertiary/aromatic N) is 2. The highest BCUT2D eigenvalue weighted by Crippen LogP contribution is 2.21. The summed E-state index contributed by atoms with van der Waals surface area (Å²) in [5.74, 6) is 0.747. The summed E-state index contributed by atoms with van der Waals surface area (Å²) in [6.45, 7) is 3.77. The predicted molar refractivity (Wildman–Crippen MR) is 77.7 cm³/mol. The van der Waals surface area contributed by atoms with Crippen molar-refractivity contribution in [2.45, 2.75) is 18.4 Å². The van der Waals surface area contributed by atoms with Crippen LogP contribution in [0.2, 0.25) is 0 Å². The Morgan fingerprint density at radius 1 is 1.16 bits per heavy atom. The Kier molecular flexibility index (Phi) is 5.18. The lowest BCUT2D eigenvalue weighted by Crippen LogP contribution is -2.12. The Bertz CT molecular complexity index is 499. The molecular weight excluding hydrogens is 258 g/mol. The molecule has 0 bridgehead atoms. The fourth-order valence-corrected chi connectivity index (χ4v) is 1.91. The van der Waals surface area contributed by atoms with Gasteiger partial charge in [-0.25, -0.2) is 9.97 Å². The van der Waals surface area contributed by atoms with Crippen LogP contribution < -0.4 is 10.1 Å². The van der Waals surface area contributed by atoms with Crippen LogP contribution >= 0.6 is 11.8 Å². The monoisotopic (exact) mass is 275 g/mol. The maximum absolute atomic E-state index is 5.59. The minimum Gasteiger partial charge on any atom is -0.424 e. The lowest BCUT2D eigenvalue weighted by Gasteiger charge is -2.05. The number of ether oxygens (including phenoxy) is 1. The minimum absolute atomic E-state index is 0.372. The SMILES string of the molecule is CCNCc1cnc(Oc2ccc(SC)cc2)nc1. The molecule has 100 valence electrons. The molecule has 0 saturated heterocycles. The smallest absolute Gasteiger partial charge is 0.321 e. The van der Waals surface area contributed by atoms with E-state index in [1.807, 2.05) is 30.5 Å². The average molecular weight is 275 g/mol. The number of thioether (sulfide) groups is 1. The van der Waals surface area contributed by atoms with Gasteiger partial charge in [-0.2, -0.15) is 0 Å². The van der Waals surface area contributed by atoms with E-state index >= 15 is 0 Å². The molecule has 0 amide bonds. The largest absolute Gasteiger partial charge is 0.424 e. The van der Waals surface area contributed by atoms with E-state index < -0.39 is 0 Å². The number of nitrogens with one attached hydrogen (secondary N) is 1. The van der Waals surface area contributed by atoms with Crippen molar-refractivity contribution in [2.24, 2.45) is 0 Å². The summed E-state index contributed by atoms with van der Waals surface area (Å²) in [6, 6.07) is 8.24. The van der Waals surface area contributed by atoms with Crippen molar-refractivity contribution in [3.63, 3.8) is 0 Å². The van der Waals surface area contributed by atoms with Crippen molar-refractivity contribution in [1.82, 2.24) is 15.3 Å². The predicted octanol–water partition coefficient (Wildman–Crippen LogP) is 3.10. The lowest BCUT2D eigenvalue weighted by atomic mass is 10.3. The van der Waals surface area contributed by atoms with E-state index in [0.29, 0.717) is 6.01 Å². The fourth-order valence-electron chi connectivity index (χ4n) is 1.51. The maximum atomic E-state index is 5.59. The zero-order valence-electron chi connectivity index (χ0n) is 11.1. The first-order valence-electron chi connectivity index (χ1n) is 6.15. The summed E-state index contributed by atoms with van der Waals surface area (Å²) >= 11 is 1.70. The Balaban J connectivity index is 1.98. The highest BCUT2D eigenvalue weighted by atomic mass is 32.2. The quantitative estimate of drug-likeness (QED) is 0.821. The van der Waals surface area contributed by atoms with Crippen LogP contribution in [-0.2, 0) is 6.54 Å². The van der Waals surface area contributed by atoms with Crippen LogP contribution in [0.25, 0.3) is 0 Å². The molecule has 0 radical (unpaired) electrons. The first-order valence-corrected chi connectivity index (χ1v) is 7.38. The Hall–Kier alpha value is -1.59. The summed E-state index contributed by atoms with van der Waals surface area (Å²) in [7, 11) is 0. The van der Waals surface area contributed by atoms with E-state index in [0.717, 1.165) is 24.4 Å². The topological polar surface area (TPSA) is 47.0 Å². The molecule has 2 aromatic rings. The molecule has 0 atom stereocenters. The van der Waals surface area contributed by atoms with Crippen molar-refractivity contribution >= 4 is 11.8 Å². The summed E-state index contributed by atoms with van der Waals surface area (Å²) < 4.78 is 5.59. The summed E-state index contributed by atoms with van der Waals surface area (Å²) in [5, 5.41) is 3.22. The van der Waals surface area contributed by atoms with Gasteiger partial charge in [-0.05, 0) is 37.1 Å². The summed E-state index contributed by atoms with van der Waals surface area (Å²) in [4.78, 5) is 9.58. The van der Waals surface area contributed by atoms with Crippen LogP contribution in [0.3, 0.4) is 0 Å². The van der Waals surface area contributed by atoms with E-state index in [1.165, 1.54) is 4.90 Å². The second-order valence-corrected chi connectivity index (χ2v) is 4.81. The number of aromatic nitrogens is 2. The molecule has 0 unspecified atom stereocenters. The van der Waals surface area contributed by atoms with Crippen LogP contribution in [-0.4, -0.2) is 22.8 Å². The van der Waals surface area contributed by atoms with Crippen molar-refractivity contribution in [3.05, 3.63) is 42.2 Å². The fraction of sp³-hybridized carbons (Fsp3) is 0.286. The van der Waals surface area contributed by atoms with Gasteiger partial charge >= 0.3 is 6.01 Å². The van der Waals surface area contributed by atoms with Gasteiger partial charge < -0.3 is 10.1 Å². The Morgan fingerprint density at radius 2 is 1.84 bits per heavy atom. The zero-order valence-corrected chi connectivity index (χ0v) is 11.9. The van der Waals surface area contributed by atoms with Crippen molar-refractivity contribution < 1.29 is 4.74 Å². The molecule has 0 aliphatic rings. The molecule has 0 aliphatic heterocycles.